The van der Waals surface area contributed by atoms with Crippen LogP contribution in [0.3, 0.4) is 0 Å². The van der Waals surface area contributed by atoms with Gasteiger partial charge in [0.25, 0.3) is 0 Å². The molecule has 0 bridgehead atoms. The number of rotatable bonds is 3. The fourth-order valence-corrected chi connectivity index (χ4v) is 4.09. The van der Waals surface area contributed by atoms with E-state index in [-0.39, 0.29) is 17.3 Å². The fourth-order valence-electron chi connectivity index (χ4n) is 4.09. The molecular weight excluding hydrogens is 307 g/mol. The average molecular weight is 329 g/mol. The molecule has 23 heavy (non-hydrogen) atoms. The van der Waals surface area contributed by atoms with Gasteiger partial charge in [-0.25, -0.2) is 0 Å². The molecule has 1 aromatic carbocycles. The van der Waals surface area contributed by atoms with E-state index in [2.05, 4.69) is 9.64 Å². The third kappa shape index (κ3) is 3.98. The molecule has 6 heteroatoms. The molecule has 128 valence electrons. The smallest absolute Gasteiger partial charge is 0.406 e. The highest BCUT2D eigenvalue weighted by molar-refractivity contribution is 5.28. The molecule has 1 aliphatic carbocycles. The summed E-state index contributed by atoms with van der Waals surface area (Å²) >= 11 is 0. The minimum atomic E-state index is -4.66. The van der Waals surface area contributed by atoms with Crippen LogP contribution in [0.1, 0.15) is 37.7 Å². The zero-order chi connectivity index (χ0) is 16.5. The highest BCUT2D eigenvalue weighted by Gasteiger charge is 2.44. The number of aliphatic hydroxyl groups is 1. The molecule has 0 unspecified atom stereocenters. The lowest BCUT2D eigenvalue weighted by Crippen LogP contribution is -2.46. The number of hydrogen-bond donors (Lipinski definition) is 1. The van der Waals surface area contributed by atoms with Crippen molar-refractivity contribution in [1.29, 1.82) is 0 Å². The van der Waals surface area contributed by atoms with Gasteiger partial charge in [0, 0.05) is 18.5 Å². The largest absolute Gasteiger partial charge is 0.573 e. The van der Waals surface area contributed by atoms with Crippen LogP contribution in [0.15, 0.2) is 24.3 Å². The Hall–Kier alpha value is -1.27. The molecule has 1 spiro atoms. The van der Waals surface area contributed by atoms with Gasteiger partial charge in [0.15, 0.2) is 0 Å². The Bertz CT molecular complexity index is 549. The number of piperidine rings is 1. The molecule has 2 atom stereocenters. The van der Waals surface area contributed by atoms with E-state index in [4.69, 9.17) is 0 Å². The highest BCUT2D eigenvalue weighted by atomic mass is 19.4. The number of halogens is 3. The third-order valence-corrected chi connectivity index (χ3v) is 5.08. The van der Waals surface area contributed by atoms with Crippen LogP contribution in [0, 0.1) is 5.41 Å². The molecule has 1 aromatic rings. The van der Waals surface area contributed by atoms with E-state index < -0.39 is 6.36 Å². The Morgan fingerprint density at radius 2 is 2.04 bits per heavy atom. The van der Waals surface area contributed by atoms with Crippen LogP contribution in [0.25, 0.3) is 0 Å². The summed E-state index contributed by atoms with van der Waals surface area (Å²) in [6.45, 7) is 2.32. The lowest BCUT2D eigenvalue weighted by molar-refractivity contribution is -0.274. The average Bonchev–Trinajstić information content (AvgIpc) is 2.78. The van der Waals surface area contributed by atoms with Gasteiger partial charge in [0.05, 0.1) is 6.10 Å². The van der Waals surface area contributed by atoms with Crippen molar-refractivity contribution in [2.45, 2.75) is 51.1 Å². The summed E-state index contributed by atoms with van der Waals surface area (Å²) in [7, 11) is 0. The van der Waals surface area contributed by atoms with Crippen molar-refractivity contribution >= 4 is 0 Å². The molecule has 1 aliphatic heterocycles. The van der Waals surface area contributed by atoms with Crippen molar-refractivity contribution in [3.05, 3.63) is 29.8 Å². The van der Waals surface area contributed by atoms with Gasteiger partial charge in [-0.1, -0.05) is 18.6 Å². The van der Waals surface area contributed by atoms with Crippen LogP contribution in [0.2, 0.25) is 0 Å². The lowest BCUT2D eigenvalue weighted by Gasteiger charge is -2.42. The standard InChI is InChI=1S/C17H22F3NO2/c18-17(19,20)23-14-5-1-4-13(10-14)11-21-9-3-8-16(12-21)7-2-6-15(16)22/h1,4-5,10,15,22H,2-3,6-9,11-12H2/t15-,16-/m1/s1. The summed E-state index contributed by atoms with van der Waals surface area (Å²) in [6, 6.07) is 6.16. The summed E-state index contributed by atoms with van der Waals surface area (Å²) in [5.74, 6) is -0.178. The number of alkyl halides is 3. The van der Waals surface area contributed by atoms with Gasteiger partial charge in [0.1, 0.15) is 5.75 Å². The minimum absolute atomic E-state index is 0.0155. The monoisotopic (exact) mass is 329 g/mol. The first kappa shape index (κ1) is 16.6. The molecule has 2 aliphatic rings. The second-order valence-corrected chi connectivity index (χ2v) is 6.78. The van der Waals surface area contributed by atoms with E-state index in [0.29, 0.717) is 6.54 Å². The zero-order valence-corrected chi connectivity index (χ0v) is 13.0. The summed E-state index contributed by atoms with van der Waals surface area (Å²) in [6.07, 6.45) is 0.124. The van der Waals surface area contributed by atoms with E-state index in [1.54, 1.807) is 6.07 Å². The van der Waals surface area contributed by atoms with Gasteiger partial charge in [-0.15, -0.1) is 13.2 Å². The predicted octanol–water partition coefficient (Wildman–Crippen LogP) is 3.71. The maximum Gasteiger partial charge on any atom is 0.573 e. The Balaban J connectivity index is 1.66. The number of nitrogens with zero attached hydrogens (tertiary/aromatic N) is 1. The molecule has 3 nitrogen and oxygen atoms in total. The van der Waals surface area contributed by atoms with Crippen molar-refractivity contribution < 1.29 is 23.0 Å². The quantitative estimate of drug-likeness (QED) is 0.917. The maximum absolute atomic E-state index is 12.3. The summed E-state index contributed by atoms with van der Waals surface area (Å²) in [5, 5.41) is 10.3. The SMILES string of the molecule is O[C@@H]1CCC[C@]12CCCN(Cc1cccc(OC(F)(F)F)c1)C2. The van der Waals surface area contributed by atoms with E-state index >= 15 is 0 Å². The summed E-state index contributed by atoms with van der Waals surface area (Å²) in [4.78, 5) is 2.24. The Morgan fingerprint density at radius 3 is 2.74 bits per heavy atom. The first-order chi connectivity index (χ1) is 10.9. The number of hydrogen-bond acceptors (Lipinski definition) is 3. The predicted molar refractivity (Wildman–Crippen MR) is 79.9 cm³/mol. The number of ether oxygens (including phenoxy) is 1. The van der Waals surface area contributed by atoms with E-state index in [1.165, 1.54) is 12.1 Å². The molecule has 0 aromatic heterocycles. The lowest BCUT2D eigenvalue weighted by atomic mass is 9.76. The molecule has 1 saturated heterocycles. The van der Waals surface area contributed by atoms with Gasteiger partial charge in [-0.05, 0) is 49.9 Å². The number of likely N-dealkylation sites (tertiary alicyclic amines) is 1. The van der Waals surface area contributed by atoms with Crippen molar-refractivity contribution in [1.82, 2.24) is 4.90 Å². The maximum atomic E-state index is 12.3. The second kappa shape index (κ2) is 6.32. The first-order valence-electron chi connectivity index (χ1n) is 8.11. The van der Waals surface area contributed by atoms with Crippen LogP contribution in [-0.2, 0) is 6.54 Å². The van der Waals surface area contributed by atoms with Crippen molar-refractivity contribution in [3.63, 3.8) is 0 Å². The molecule has 1 heterocycles. The van der Waals surface area contributed by atoms with Crippen LogP contribution in [0.5, 0.6) is 5.75 Å². The van der Waals surface area contributed by atoms with E-state index in [0.717, 1.165) is 50.8 Å². The molecule has 3 rings (SSSR count). The van der Waals surface area contributed by atoms with Crippen molar-refractivity contribution in [3.8, 4) is 5.75 Å². The second-order valence-electron chi connectivity index (χ2n) is 6.78. The van der Waals surface area contributed by atoms with Gasteiger partial charge in [-0.3, -0.25) is 4.90 Å². The van der Waals surface area contributed by atoms with Gasteiger partial charge in [-0.2, -0.15) is 0 Å². The molecule has 1 N–H and O–H groups in total. The zero-order valence-electron chi connectivity index (χ0n) is 13.0. The van der Waals surface area contributed by atoms with Crippen molar-refractivity contribution in [2.24, 2.45) is 5.41 Å². The highest BCUT2D eigenvalue weighted by Crippen LogP contribution is 2.45. The Kier molecular flexibility index (Phi) is 4.56. The van der Waals surface area contributed by atoms with E-state index in [9.17, 15) is 18.3 Å². The number of aliphatic hydroxyl groups excluding tert-OH is 1. The molecule has 0 amide bonds. The Labute approximate surface area is 134 Å². The molecule has 0 radical (unpaired) electrons. The van der Waals surface area contributed by atoms with Gasteiger partial charge >= 0.3 is 6.36 Å². The van der Waals surface area contributed by atoms with Crippen LogP contribution >= 0.6 is 0 Å². The van der Waals surface area contributed by atoms with Gasteiger partial charge in [0.2, 0.25) is 0 Å². The molecule has 2 fully saturated rings. The molecule has 1 saturated carbocycles. The molecular formula is C17H22F3NO2. The number of benzene rings is 1. The van der Waals surface area contributed by atoms with E-state index in [1.807, 2.05) is 6.07 Å². The first-order valence-corrected chi connectivity index (χ1v) is 8.11. The van der Waals surface area contributed by atoms with Crippen LogP contribution < -0.4 is 4.74 Å². The van der Waals surface area contributed by atoms with Crippen molar-refractivity contribution in [2.75, 3.05) is 13.1 Å². The summed E-state index contributed by atoms with van der Waals surface area (Å²) < 4.78 is 40.9. The van der Waals surface area contributed by atoms with Gasteiger partial charge < -0.3 is 9.84 Å². The third-order valence-electron chi connectivity index (χ3n) is 5.08. The van der Waals surface area contributed by atoms with Crippen LogP contribution in [-0.4, -0.2) is 35.6 Å². The minimum Gasteiger partial charge on any atom is -0.406 e. The summed E-state index contributed by atoms with van der Waals surface area (Å²) in [5.41, 5.74) is 0.787. The normalized spacial score (nSPS) is 29.1. The van der Waals surface area contributed by atoms with Crippen LogP contribution in [0.4, 0.5) is 13.2 Å². The Morgan fingerprint density at radius 1 is 1.26 bits per heavy atom. The fraction of sp³-hybridized carbons (Fsp3) is 0.647. The topological polar surface area (TPSA) is 32.7 Å².